The largest absolute Gasteiger partial charge is 0.444 e. The number of halogens is 3. The number of aromatic nitrogens is 2. The van der Waals surface area contributed by atoms with E-state index in [1.807, 2.05) is 27.7 Å². The van der Waals surface area contributed by atoms with Crippen molar-refractivity contribution >= 4 is 12.1 Å². The molecule has 2 rings (SSSR count). The summed E-state index contributed by atoms with van der Waals surface area (Å²) in [4.78, 5) is 18.3. The van der Waals surface area contributed by atoms with Crippen LogP contribution in [0.2, 0.25) is 0 Å². The second-order valence-electron chi connectivity index (χ2n) is 8.28. The van der Waals surface area contributed by atoms with E-state index in [1.54, 1.807) is 4.90 Å². The van der Waals surface area contributed by atoms with E-state index in [-0.39, 0.29) is 24.2 Å². The molecule has 170 valence electrons. The smallest absolute Gasteiger partial charge is 0.435 e. The number of alkyl halides is 3. The fraction of sp³-hybridized carbons (Fsp3) is 0.737. The van der Waals surface area contributed by atoms with Gasteiger partial charge in [-0.15, -0.1) is 0 Å². The standard InChI is InChI=1S/C19H31F3N6O2/c1-6-23-16(24-10-13-11-27(5)26-15(13)19(20,21)22)25-14-8-7-9-28(12-14)17(29)30-18(2,3)4/h11,14H,6-10,12H2,1-5H3,(H2,23,24,25). The zero-order valence-electron chi connectivity index (χ0n) is 18.1. The number of nitrogens with zero attached hydrogens (tertiary/aromatic N) is 4. The van der Waals surface area contributed by atoms with Crippen LogP contribution < -0.4 is 10.6 Å². The van der Waals surface area contributed by atoms with Crippen LogP contribution in [0.1, 0.15) is 51.8 Å². The molecule has 1 atom stereocenters. The number of ether oxygens (including phenoxy) is 1. The van der Waals surface area contributed by atoms with Crippen LogP contribution in [0.25, 0.3) is 0 Å². The molecule has 30 heavy (non-hydrogen) atoms. The van der Waals surface area contributed by atoms with E-state index in [2.05, 4.69) is 20.7 Å². The van der Waals surface area contributed by atoms with Crippen LogP contribution >= 0.6 is 0 Å². The third kappa shape index (κ3) is 7.10. The van der Waals surface area contributed by atoms with E-state index < -0.39 is 17.5 Å². The van der Waals surface area contributed by atoms with Crippen molar-refractivity contribution in [2.75, 3.05) is 19.6 Å². The summed E-state index contributed by atoms with van der Waals surface area (Å²) in [6, 6.07) is -0.0833. The maximum absolute atomic E-state index is 13.1. The van der Waals surface area contributed by atoms with E-state index >= 15 is 0 Å². The third-order valence-electron chi connectivity index (χ3n) is 4.34. The number of hydrogen-bond donors (Lipinski definition) is 2. The summed E-state index contributed by atoms with van der Waals surface area (Å²) in [6.45, 7) is 8.73. The Bertz CT molecular complexity index is 754. The minimum absolute atomic E-state index is 0.00114. The van der Waals surface area contributed by atoms with Crippen molar-refractivity contribution < 1.29 is 22.7 Å². The van der Waals surface area contributed by atoms with Crippen LogP contribution in [0.15, 0.2) is 11.2 Å². The first-order valence-electron chi connectivity index (χ1n) is 10.0. The Kier molecular flexibility index (Phi) is 7.59. The predicted octanol–water partition coefficient (Wildman–Crippen LogP) is 2.89. The van der Waals surface area contributed by atoms with Gasteiger partial charge >= 0.3 is 12.3 Å². The summed E-state index contributed by atoms with van der Waals surface area (Å²) >= 11 is 0. The molecule has 0 aliphatic carbocycles. The number of carbonyl (C=O) groups excluding carboxylic acids is 1. The summed E-state index contributed by atoms with van der Waals surface area (Å²) in [7, 11) is 1.44. The monoisotopic (exact) mass is 432 g/mol. The van der Waals surface area contributed by atoms with Crippen molar-refractivity contribution in [2.45, 2.75) is 64.9 Å². The van der Waals surface area contributed by atoms with Crippen LogP contribution in [-0.4, -0.2) is 58.0 Å². The molecule has 1 saturated heterocycles. The molecule has 1 aromatic rings. The Hall–Kier alpha value is -2.46. The zero-order chi connectivity index (χ0) is 22.5. The number of rotatable bonds is 4. The van der Waals surface area contributed by atoms with E-state index in [4.69, 9.17) is 4.74 Å². The van der Waals surface area contributed by atoms with Gasteiger partial charge in [0, 0.05) is 44.5 Å². The van der Waals surface area contributed by atoms with Gasteiger partial charge in [-0.3, -0.25) is 4.68 Å². The Balaban J connectivity index is 2.06. The lowest BCUT2D eigenvalue weighted by molar-refractivity contribution is -0.142. The Morgan fingerprint density at radius 2 is 2.07 bits per heavy atom. The highest BCUT2D eigenvalue weighted by Crippen LogP contribution is 2.30. The maximum atomic E-state index is 13.1. The molecule has 0 aromatic carbocycles. The summed E-state index contributed by atoms with van der Waals surface area (Å²) in [6.07, 6.45) is -1.99. The molecule has 11 heteroatoms. The quantitative estimate of drug-likeness (QED) is 0.565. The van der Waals surface area contributed by atoms with Gasteiger partial charge in [-0.1, -0.05) is 0 Å². The van der Waals surface area contributed by atoms with Crippen LogP contribution in [0.4, 0.5) is 18.0 Å². The average Bonchev–Trinajstić information content (AvgIpc) is 3.00. The Labute approximate surface area is 174 Å². The fourth-order valence-electron chi connectivity index (χ4n) is 3.16. The Morgan fingerprint density at radius 1 is 1.37 bits per heavy atom. The predicted molar refractivity (Wildman–Crippen MR) is 107 cm³/mol. The molecular weight excluding hydrogens is 401 g/mol. The Morgan fingerprint density at radius 3 is 2.67 bits per heavy atom. The van der Waals surface area contributed by atoms with Crippen LogP contribution in [0.5, 0.6) is 0 Å². The van der Waals surface area contributed by atoms with E-state index in [9.17, 15) is 18.0 Å². The first kappa shape index (κ1) is 23.8. The van der Waals surface area contributed by atoms with Crippen LogP contribution in [0.3, 0.4) is 0 Å². The molecule has 0 radical (unpaired) electrons. The van der Waals surface area contributed by atoms with Crippen molar-refractivity contribution in [1.82, 2.24) is 25.3 Å². The first-order valence-corrected chi connectivity index (χ1v) is 10.0. The van der Waals surface area contributed by atoms with Gasteiger partial charge in [0.15, 0.2) is 11.7 Å². The van der Waals surface area contributed by atoms with Crippen LogP contribution in [-0.2, 0) is 24.5 Å². The number of likely N-dealkylation sites (tertiary alicyclic amines) is 1. The maximum Gasteiger partial charge on any atom is 0.435 e. The average molecular weight is 432 g/mol. The molecule has 1 amide bonds. The minimum Gasteiger partial charge on any atom is -0.444 e. The lowest BCUT2D eigenvalue weighted by Crippen LogP contribution is -2.53. The molecule has 1 aromatic heterocycles. The topological polar surface area (TPSA) is 83.8 Å². The highest BCUT2D eigenvalue weighted by molar-refractivity contribution is 5.80. The highest BCUT2D eigenvalue weighted by atomic mass is 19.4. The number of carbonyl (C=O) groups is 1. The van der Waals surface area contributed by atoms with Crippen molar-refractivity contribution in [3.8, 4) is 0 Å². The van der Waals surface area contributed by atoms with E-state index in [1.165, 1.54) is 13.2 Å². The number of hydrogen-bond acceptors (Lipinski definition) is 4. The lowest BCUT2D eigenvalue weighted by Gasteiger charge is -2.35. The number of aryl methyl sites for hydroxylation is 1. The van der Waals surface area contributed by atoms with Gasteiger partial charge in [0.2, 0.25) is 0 Å². The molecule has 0 saturated carbocycles. The van der Waals surface area contributed by atoms with Gasteiger partial charge in [-0.25, -0.2) is 9.79 Å². The molecule has 1 aliphatic heterocycles. The number of guanidine groups is 1. The van der Waals surface area contributed by atoms with Gasteiger partial charge in [-0.2, -0.15) is 18.3 Å². The highest BCUT2D eigenvalue weighted by Gasteiger charge is 2.36. The molecular formula is C19H31F3N6O2. The summed E-state index contributed by atoms with van der Waals surface area (Å²) in [5.41, 5.74) is -1.51. The normalized spacial score (nSPS) is 18.3. The molecule has 1 unspecified atom stereocenters. The zero-order valence-corrected chi connectivity index (χ0v) is 18.1. The number of nitrogens with one attached hydrogen (secondary N) is 2. The summed E-state index contributed by atoms with van der Waals surface area (Å²) in [5, 5.41) is 9.77. The van der Waals surface area contributed by atoms with Gasteiger partial charge in [0.25, 0.3) is 0 Å². The van der Waals surface area contributed by atoms with E-state index in [0.717, 1.165) is 17.5 Å². The minimum atomic E-state index is -4.53. The van der Waals surface area contributed by atoms with Crippen molar-refractivity contribution in [1.29, 1.82) is 0 Å². The second-order valence-corrected chi connectivity index (χ2v) is 8.28. The molecule has 1 fully saturated rings. The molecule has 0 bridgehead atoms. The van der Waals surface area contributed by atoms with Crippen molar-refractivity contribution in [2.24, 2.45) is 12.0 Å². The fourth-order valence-corrected chi connectivity index (χ4v) is 3.16. The first-order chi connectivity index (χ1) is 13.9. The van der Waals surface area contributed by atoms with Crippen molar-refractivity contribution in [3.63, 3.8) is 0 Å². The van der Waals surface area contributed by atoms with E-state index in [0.29, 0.717) is 25.6 Å². The van der Waals surface area contributed by atoms with Crippen molar-refractivity contribution in [3.05, 3.63) is 17.5 Å². The van der Waals surface area contributed by atoms with Crippen LogP contribution in [0, 0.1) is 0 Å². The number of amides is 1. The van der Waals surface area contributed by atoms with Gasteiger partial charge < -0.3 is 20.3 Å². The number of piperidine rings is 1. The lowest BCUT2D eigenvalue weighted by atomic mass is 10.1. The summed E-state index contributed by atoms with van der Waals surface area (Å²) in [5.74, 6) is 0.394. The SMILES string of the molecule is CCNC(=NCc1cn(C)nc1C(F)(F)F)NC1CCCN(C(=O)OC(C)(C)C)C1. The third-order valence-corrected chi connectivity index (χ3v) is 4.34. The van der Waals surface area contributed by atoms with Gasteiger partial charge in [0.05, 0.1) is 6.54 Å². The van der Waals surface area contributed by atoms with Gasteiger partial charge in [0.1, 0.15) is 5.60 Å². The summed E-state index contributed by atoms with van der Waals surface area (Å²) < 4.78 is 46.0. The molecule has 2 N–H and O–H groups in total. The molecule has 8 nitrogen and oxygen atoms in total. The number of aliphatic imine (C=N–C) groups is 1. The molecule has 2 heterocycles. The molecule has 1 aliphatic rings. The molecule has 0 spiro atoms. The van der Waals surface area contributed by atoms with Gasteiger partial charge in [-0.05, 0) is 40.5 Å². The second kappa shape index (κ2) is 9.57.